The van der Waals surface area contributed by atoms with E-state index in [0.29, 0.717) is 0 Å². The molecule has 1 aromatic rings. The summed E-state index contributed by atoms with van der Waals surface area (Å²) in [7, 11) is 15.2. The van der Waals surface area contributed by atoms with Crippen LogP contribution in [0, 0.1) is 12.7 Å². The van der Waals surface area contributed by atoms with Crippen LogP contribution in [-0.4, -0.2) is 53.0 Å². The van der Waals surface area contributed by atoms with Crippen LogP contribution in [0.4, 0.5) is 4.39 Å². The van der Waals surface area contributed by atoms with Crippen molar-refractivity contribution < 1.29 is 18.5 Å². The Kier molecular flexibility index (Phi) is 4.75. The van der Waals surface area contributed by atoms with E-state index in [1.807, 2.05) is 27.7 Å². The predicted molar refractivity (Wildman–Crippen MR) is 94.3 cm³/mol. The van der Waals surface area contributed by atoms with E-state index in [-0.39, 0.29) is 16.6 Å². The molecule has 0 saturated carbocycles. The first kappa shape index (κ1) is 19.1. The first-order valence-corrected chi connectivity index (χ1v) is 7.58. The average molecular weight is 323 g/mol. The topological polar surface area (TPSA) is 47.6 Å². The van der Waals surface area contributed by atoms with Gasteiger partial charge in [0, 0.05) is 11.0 Å². The molecule has 1 fully saturated rings. The van der Waals surface area contributed by atoms with Crippen LogP contribution in [-0.2, 0) is 9.31 Å². The molecule has 9 heteroatoms. The quantitative estimate of drug-likeness (QED) is 0.813. The smallest absolute Gasteiger partial charge is 0.399 e. The predicted octanol–water partition coefficient (Wildman–Crippen LogP) is 0.280. The third-order valence-corrected chi connectivity index (χ3v) is 4.38. The highest BCUT2D eigenvalue weighted by atomic mass is 19.1. The summed E-state index contributed by atoms with van der Waals surface area (Å²) in [5.41, 5.74) is -0.696. The van der Waals surface area contributed by atoms with Gasteiger partial charge in [0.15, 0.2) is 0 Å². The summed E-state index contributed by atoms with van der Waals surface area (Å²) in [5, 5.41) is 0.352. The van der Waals surface area contributed by atoms with E-state index in [1.54, 1.807) is 6.92 Å². The summed E-state index contributed by atoms with van der Waals surface area (Å²) in [5.74, 6) is -1.12. The van der Waals surface area contributed by atoms with E-state index in [9.17, 15) is 9.18 Å². The van der Waals surface area contributed by atoms with Crippen molar-refractivity contribution in [1.29, 1.82) is 0 Å². The molecule has 0 spiro atoms. The zero-order valence-electron chi connectivity index (χ0n) is 14.6. The molecular formula is C15H18B4FNO3. The van der Waals surface area contributed by atoms with Crippen molar-refractivity contribution >= 4 is 42.0 Å². The van der Waals surface area contributed by atoms with E-state index in [0.717, 1.165) is 0 Å². The molecule has 120 valence electrons. The van der Waals surface area contributed by atoms with Gasteiger partial charge < -0.3 is 14.6 Å². The Bertz CT molecular complexity index is 657. The molecule has 1 aliphatic heterocycles. The molecule has 1 N–H and O–H groups in total. The van der Waals surface area contributed by atoms with Crippen molar-refractivity contribution in [1.82, 2.24) is 5.32 Å². The Morgan fingerprint density at radius 1 is 1.17 bits per heavy atom. The van der Waals surface area contributed by atoms with Crippen LogP contribution in [0.2, 0.25) is 0 Å². The maximum atomic E-state index is 14.6. The summed E-state index contributed by atoms with van der Waals surface area (Å²) in [6, 6.07) is 2.73. The van der Waals surface area contributed by atoms with Gasteiger partial charge in [-0.1, -0.05) is 5.24 Å². The fourth-order valence-corrected chi connectivity index (χ4v) is 2.34. The molecule has 0 atom stereocenters. The number of benzene rings is 1. The Hall–Kier alpha value is -1.20. The number of halogens is 1. The molecule has 0 aromatic heterocycles. The van der Waals surface area contributed by atoms with Crippen LogP contribution in [0.3, 0.4) is 0 Å². The lowest BCUT2D eigenvalue weighted by atomic mass is 9.49. The molecule has 1 saturated heterocycles. The van der Waals surface area contributed by atoms with Crippen molar-refractivity contribution in [2.24, 2.45) is 0 Å². The van der Waals surface area contributed by atoms with Gasteiger partial charge >= 0.3 is 7.12 Å². The minimum Gasteiger partial charge on any atom is -0.399 e. The van der Waals surface area contributed by atoms with Gasteiger partial charge in [0.05, 0.1) is 34.7 Å². The molecular weight excluding hydrogens is 304 g/mol. The van der Waals surface area contributed by atoms with Crippen molar-refractivity contribution in [3.05, 3.63) is 29.1 Å². The van der Waals surface area contributed by atoms with Crippen LogP contribution in [0.25, 0.3) is 0 Å². The second-order valence-electron chi connectivity index (χ2n) is 7.17. The van der Waals surface area contributed by atoms with Gasteiger partial charge in [0.1, 0.15) is 5.82 Å². The number of aryl methyl sites for hydroxylation is 1. The van der Waals surface area contributed by atoms with Gasteiger partial charge in [-0.25, -0.2) is 4.39 Å². The highest BCUT2D eigenvalue weighted by molar-refractivity contribution is 6.62. The lowest BCUT2D eigenvalue weighted by Gasteiger charge is -2.32. The van der Waals surface area contributed by atoms with Gasteiger partial charge in [-0.2, -0.15) is 0 Å². The van der Waals surface area contributed by atoms with E-state index < -0.39 is 35.3 Å². The van der Waals surface area contributed by atoms with Crippen LogP contribution in [0.15, 0.2) is 12.1 Å². The fraction of sp³-hybridized carbons (Fsp3) is 0.533. The molecule has 0 aliphatic carbocycles. The van der Waals surface area contributed by atoms with E-state index in [4.69, 9.17) is 32.8 Å². The van der Waals surface area contributed by atoms with Crippen molar-refractivity contribution in [3.63, 3.8) is 0 Å². The van der Waals surface area contributed by atoms with Gasteiger partial charge in [0.2, 0.25) is 5.91 Å². The molecule has 0 bridgehead atoms. The summed E-state index contributed by atoms with van der Waals surface area (Å²) in [6.45, 7) is 8.99. The summed E-state index contributed by atoms with van der Waals surface area (Å²) >= 11 is 0. The first-order valence-electron chi connectivity index (χ1n) is 7.58. The van der Waals surface area contributed by atoms with Crippen molar-refractivity contribution in [2.75, 3.05) is 0 Å². The standard InChI is InChI=1S/C15H18B4FNO3/c1-8-6-9(12(22)21-15(16,17)18)7-10(11(8)20)19-23-13(2,3)14(4,5)24-19/h6-7H,1-5H3,(H,21,22). The van der Waals surface area contributed by atoms with Crippen LogP contribution < -0.4 is 10.8 Å². The first-order chi connectivity index (χ1) is 10.7. The Morgan fingerprint density at radius 2 is 1.67 bits per heavy atom. The Balaban J connectivity index is 2.40. The number of carbonyl (C=O) groups is 1. The zero-order chi connectivity index (χ0) is 18.5. The second-order valence-corrected chi connectivity index (χ2v) is 7.17. The summed E-state index contributed by atoms with van der Waals surface area (Å²) in [6.07, 6.45) is 0. The second kappa shape index (κ2) is 5.95. The number of amides is 1. The minimum absolute atomic E-state index is 0.135. The third-order valence-electron chi connectivity index (χ3n) is 4.38. The van der Waals surface area contributed by atoms with Crippen LogP contribution >= 0.6 is 0 Å². The SMILES string of the molecule is [B]C([B])([B])NC(=O)c1cc(C)c(F)c(B2OC(C)(C)C(C)(C)O2)c1. The molecule has 24 heavy (non-hydrogen) atoms. The number of rotatable bonds is 3. The van der Waals surface area contributed by atoms with E-state index in [1.165, 1.54) is 12.1 Å². The molecule has 0 unspecified atom stereocenters. The number of hydrogen-bond donors (Lipinski definition) is 1. The zero-order valence-corrected chi connectivity index (χ0v) is 14.6. The Morgan fingerprint density at radius 3 is 2.12 bits per heavy atom. The number of nitrogens with one attached hydrogen (secondary N) is 1. The Labute approximate surface area is 146 Å². The number of hydrogen-bond acceptors (Lipinski definition) is 3. The monoisotopic (exact) mass is 323 g/mol. The molecule has 1 amide bonds. The minimum atomic E-state index is -1.87. The van der Waals surface area contributed by atoms with Crippen LogP contribution in [0.5, 0.6) is 0 Å². The highest BCUT2D eigenvalue weighted by Crippen LogP contribution is 2.36. The van der Waals surface area contributed by atoms with E-state index >= 15 is 0 Å². The number of carbonyl (C=O) groups excluding carboxylic acids is 1. The highest BCUT2D eigenvalue weighted by Gasteiger charge is 2.52. The van der Waals surface area contributed by atoms with E-state index in [2.05, 4.69) is 5.32 Å². The van der Waals surface area contributed by atoms with Crippen molar-refractivity contribution in [3.8, 4) is 0 Å². The maximum Gasteiger partial charge on any atom is 0.497 e. The van der Waals surface area contributed by atoms with Crippen molar-refractivity contribution in [2.45, 2.75) is 51.1 Å². The molecule has 1 aliphatic rings. The van der Waals surface area contributed by atoms with Gasteiger partial charge in [-0.3, -0.25) is 4.79 Å². The lowest BCUT2D eigenvalue weighted by molar-refractivity contribution is 0.00578. The average Bonchev–Trinajstić information content (AvgIpc) is 2.59. The maximum absolute atomic E-state index is 14.6. The summed E-state index contributed by atoms with van der Waals surface area (Å²) in [4.78, 5) is 12.2. The summed E-state index contributed by atoms with van der Waals surface area (Å²) < 4.78 is 26.3. The largest absolute Gasteiger partial charge is 0.497 e. The molecule has 2 rings (SSSR count). The molecule has 4 nitrogen and oxygen atoms in total. The van der Waals surface area contributed by atoms with Gasteiger partial charge in [-0.05, 0) is 52.3 Å². The van der Waals surface area contributed by atoms with Gasteiger partial charge in [0.25, 0.3) is 0 Å². The molecule has 1 aromatic carbocycles. The lowest BCUT2D eigenvalue weighted by Crippen LogP contribution is -2.50. The molecule has 6 radical (unpaired) electrons. The normalized spacial score (nSPS) is 19.3. The van der Waals surface area contributed by atoms with Gasteiger partial charge in [-0.15, -0.1) is 0 Å². The third kappa shape index (κ3) is 3.72. The van der Waals surface area contributed by atoms with Crippen LogP contribution in [0.1, 0.15) is 43.6 Å². The fourth-order valence-electron chi connectivity index (χ4n) is 2.34. The molecule has 1 heterocycles.